The Morgan fingerprint density at radius 1 is 1.13 bits per heavy atom. The van der Waals surface area contributed by atoms with Gasteiger partial charge in [-0.05, 0) is 44.4 Å². The Hall–Kier alpha value is -1.82. The van der Waals surface area contributed by atoms with Crippen LogP contribution in [-0.2, 0) is 0 Å². The number of halogens is 2. The molecule has 1 heterocycles. The molecule has 1 amide bonds. The van der Waals surface area contributed by atoms with E-state index in [0.717, 1.165) is 17.9 Å². The lowest BCUT2D eigenvalue weighted by atomic mass is 10.2. The molecule has 1 aromatic carbocycles. The highest BCUT2D eigenvalue weighted by atomic mass is 35.5. The van der Waals surface area contributed by atoms with Gasteiger partial charge in [0.15, 0.2) is 0 Å². The van der Waals surface area contributed by atoms with Crippen molar-refractivity contribution in [2.75, 3.05) is 32.5 Å². The van der Waals surface area contributed by atoms with E-state index < -0.39 is 0 Å². The van der Waals surface area contributed by atoms with Crippen LogP contribution in [-0.4, -0.2) is 43.0 Å². The van der Waals surface area contributed by atoms with Gasteiger partial charge in [0.25, 0.3) is 5.91 Å². The maximum Gasteiger partial charge on any atom is 0.269 e. The maximum atomic E-state index is 12.1. The Morgan fingerprint density at radius 2 is 1.83 bits per heavy atom. The number of nitrogens with zero attached hydrogens (tertiary/aromatic N) is 2. The highest BCUT2D eigenvalue weighted by Gasteiger charge is 2.08. The number of aromatic nitrogens is 1. The molecule has 0 bridgehead atoms. The van der Waals surface area contributed by atoms with Crippen LogP contribution >= 0.6 is 23.2 Å². The zero-order valence-corrected chi connectivity index (χ0v) is 14.4. The van der Waals surface area contributed by atoms with Gasteiger partial charge in [-0.15, -0.1) is 0 Å². The SMILES string of the molecule is CN(C)CCNC(=O)c1cc(Nc2cc(Cl)cc(Cl)c2)ccn1. The van der Waals surface area contributed by atoms with E-state index in [4.69, 9.17) is 23.2 Å². The molecule has 0 fully saturated rings. The first-order chi connectivity index (χ1) is 10.9. The molecular weight excluding hydrogens is 335 g/mol. The second-order valence-electron chi connectivity index (χ2n) is 5.27. The van der Waals surface area contributed by atoms with Gasteiger partial charge in [-0.1, -0.05) is 23.2 Å². The number of hydrogen-bond acceptors (Lipinski definition) is 4. The zero-order valence-electron chi connectivity index (χ0n) is 12.9. The van der Waals surface area contributed by atoms with Gasteiger partial charge in [0, 0.05) is 40.7 Å². The summed E-state index contributed by atoms with van der Waals surface area (Å²) in [5, 5.41) is 7.06. The fraction of sp³-hybridized carbons (Fsp3) is 0.250. The average Bonchev–Trinajstić information content (AvgIpc) is 2.46. The quantitative estimate of drug-likeness (QED) is 0.836. The molecule has 0 atom stereocenters. The summed E-state index contributed by atoms with van der Waals surface area (Å²) in [6, 6.07) is 8.62. The van der Waals surface area contributed by atoms with E-state index in [1.807, 2.05) is 19.0 Å². The molecular formula is C16H18Cl2N4O. The van der Waals surface area contributed by atoms with Crippen LogP contribution in [0.1, 0.15) is 10.5 Å². The number of carbonyl (C=O) groups excluding carboxylic acids is 1. The molecule has 23 heavy (non-hydrogen) atoms. The van der Waals surface area contributed by atoms with Crippen LogP contribution in [0.5, 0.6) is 0 Å². The minimum Gasteiger partial charge on any atom is -0.355 e. The Kier molecular flexibility index (Phi) is 6.21. The molecule has 122 valence electrons. The molecule has 2 N–H and O–H groups in total. The summed E-state index contributed by atoms with van der Waals surface area (Å²) in [6.07, 6.45) is 1.58. The van der Waals surface area contributed by atoms with E-state index in [-0.39, 0.29) is 5.91 Å². The molecule has 0 aliphatic rings. The topological polar surface area (TPSA) is 57.3 Å². The monoisotopic (exact) mass is 352 g/mol. The van der Waals surface area contributed by atoms with Gasteiger partial charge < -0.3 is 15.5 Å². The van der Waals surface area contributed by atoms with Crippen molar-refractivity contribution in [2.24, 2.45) is 0 Å². The fourth-order valence-electron chi connectivity index (χ4n) is 1.91. The normalized spacial score (nSPS) is 10.7. The molecule has 0 radical (unpaired) electrons. The fourth-order valence-corrected chi connectivity index (χ4v) is 2.43. The second-order valence-corrected chi connectivity index (χ2v) is 6.14. The Balaban J connectivity index is 2.05. The summed E-state index contributed by atoms with van der Waals surface area (Å²) in [6.45, 7) is 1.33. The number of carbonyl (C=O) groups is 1. The largest absolute Gasteiger partial charge is 0.355 e. The molecule has 0 spiro atoms. The molecule has 1 aromatic heterocycles. The third kappa shape index (κ3) is 5.71. The van der Waals surface area contributed by atoms with Gasteiger partial charge in [0.2, 0.25) is 0 Å². The van der Waals surface area contributed by atoms with E-state index in [0.29, 0.717) is 22.3 Å². The lowest BCUT2D eigenvalue weighted by Crippen LogP contribution is -2.31. The predicted molar refractivity (Wildman–Crippen MR) is 94.9 cm³/mol. The molecule has 2 aromatic rings. The standard InChI is InChI=1S/C16H18Cl2N4O/c1-22(2)6-5-20-16(23)15-10-13(3-4-19-15)21-14-8-11(17)7-12(18)9-14/h3-4,7-10H,5-6H2,1-2H3,(H,19,21)(H,20,23). The number of hydrogen-bond donors (Lipinski definition) is 2. The molecule has 0 aliphatic heterocycles. The maximum absolute atomic E-state index is 12.1. The van der Waals surface area contributed by atoms with Crippen LogP contribution in [0, 0.1) is 0 Å². The van der Waals surface area contributed by atoms with Crippen LogP contribution < -0.4 is 10.6 Å². The smallest absolute Gasteiger partial charge is 0.269 e. The van der Waals surface area contributed by atoms with E-state index in [2.05, 4.69) is 15.6 Å². The number of anilines is 2. The van der Waals surface area contributed by atoms with Crippen molar-refractivity contribution in [3.63, 3.8) is 0 Å². The Morgan fingerprint density at radius 3 is 2.48 bits per heavy atom. The van der Waals surface area contributed by atoms with Crippen molar-refractivity contribution >= 4 is 40.5 Å². The third-order valence-electron chi connectivity index (χ3n) is 2.99. The predicted octanol–water partition coefficient (Wildman–Crippen LogP) is 3.42. The summed E-state index contributed by atoms with van der Waals surface area (Å²) in [5.41, 5.74) is 1.82. The van der Waals surface area contributed by atoms with Crippen LogP contribution in [0.3, 0.4) is 0 Å². The third-order valence-corrected chi connectivity index (χ3v) is 3.42. The summed E-state index contributed by atoms with van der Waals surface area (Å²) >= 11 is 12.0. The average molecular weight is 353 g/mol. The van der Waals surface area contributed by atoms with E-state index in [1.54, 1.807) is 36.5 Å². The van der Waals surface area contributed by atoms with Gasteiger partial charge >= 0.3 is 0 Å². The van der Waals surface area contributed by atoms with Crippen molar-refractivity contribution < 1.29 is 4.79 Å². The first-order valence-electron chi connectivity index (χ1n) is 7.06. The van der Waals surface area contributed by atoms with Gasteiger partial charge in [-0.25, -0.2) is 0 Å². The number of pyridine rings is 1. The number of amides is 1. The summed E-state index contributed by atoms with van der Waals surface area (Å²) in [5.74, 6) is -0.209. The molecule has 5 nitrogen and oxygen atoms in total. The second kappa shape index (κ2) is 8.15. The van der Waals surface area contributed by atoms with Crippen molar-refractivity contribution in [3.05, 3.63) is 52.3 Å². The molecule has 0 saturated heterocycles. The molecule has 2 rings (SSSR count). The lowest BCUT2D eigenvalue weighted by Gasteiger charge is -2.11. The van der Waals surface area contributed by atoms with Crippen molar-refractivity contribution in [2.45, 2.75) is 0 Å². The Labute approximate surface area is 145 Å². The molecule has 7 heteroatoms. The van der Waals surface area contributed by atoms with E-state index in [9.17, 15) is 4.79 Å². The van der Waals surface area contributed by atoms with Crippen molar-refractivity contribution in [1.82, 2.24) is 15.2 Å². The van der Waals surface area contributed by atoms with Crippen LogP contribution in [0.25, 0.3) is 0 Å². The number of likely N-dealkylation sites (N-methyl/N-ethyl adjacent to an activating group) is 1. The minimum absolute atomic E-state index is 0.209. The van der Waals surface area contributed by atoms with E-state index in [1.165, 1.54) is 0 Å². The summed E-state index contributed by atoms with van der Waals surface area (Å²) in [4.78, 5) is 18.2. The summed E-state index contributed by atoms with van der Waals surface area (Å²) < 4.78 is 0. The van der Waals surface area contributed by atoms with Crippen molar-refractivity contribution in [3.8, 4) is 0 Å². The van der Waals surface area contributed by atoms with Crippen LogP contribution in [0.2, 0.25) is 10.0 Å². The van der Waals surface area contributed by atoms with Gasteiger partial charge in [0.05, 0.1) is 0 Å². The first kappa shape index (κ1) is 17.5. The highest BCUT2D eigenvalue weighted by molar-refractivity contribution is 6.35. The number of rotatable bonds is 6. The molecule has 0 aliphatic carbocycles. The van der Waals surface area contributed by atoms with Crippen LogP contribution in [0.4, 0.5) is 11.4 Å². The first-order valence-corrected chi connectivity index (χ1v) is 7.82. The van der Waals surface area contributed by atoms with E-state index >= 15 is 0 Å². The number of benzene rings is 1. The highest BCUT2D eigenvalue weighted by Crippen LogP contribution is 2.25. The summed E-state index contributed by atoms with van der Waals surface area (Å²) in [7, 11) is 3.90. The zero-order chi connectivity index (χ0) is 16.8. The van der Waals surface area contributed by atoms with Crippen LogP contribution in [0.15, 0.2) is 36.5 Å². The minimum atomic E-state index is -0.209. The van der Waals surface area contributed by atoms with Crippen molar-refractivity contribution in [1.29, 1.82) is 0 Å². The number of nitrogens with one attached hydrogen (secondary N) is 2. The molecule has 0 unspecified atom stereocenters. The van der Waals surface area contributed by atoms with Gasteiger partial charge in [0.1, 0.15) is 5.69 Å². The Bertz CT molecular complexity index is 671. The van der Waals surface area contributed by atoms with Gasteiger partial charge in [-0.2, -0.15) is 0 Å². The lowest BCUT2D eigenvalue weighted by molar-refractivity contribution is 0.0946. The molecule has 0 saturated carbocycles. The van der Waals surface area contributed by atoms with Gasteiger partial charge in [-0.3, -0.25) is 9.78 Å².